The number of carbonyl (C=O) groups is 2. The average Bonchev–Trinajstić information content (AvgIpc) is 1.82. The molecule has 0 spiro atoms. The van der Waals surface area contributed by atoms with Crippen LogP contribution in [0.25, 0.3) is 0 Å². The van der Waals surface area contributed by atoms with Crippen LogP contribution in [0.3, 0.4) is 0 Å². The third kappa shape index (κ3) is 0.580. The van der Waals surface area contributed by atoms with Crippen molar-refractivity contribution in [3.8, 4) is 0 Å². The molecule has 0 radical (unpaired) electrons. The molecule has 1 amide bonds. The molecule has 50 valence electrons. The smallest absolute Gasteiger partial charge is 0.339 e. The molecule has 0 unspecified atom stereocenters. The highest BCUT2D eigenvalue weighted by atomic mass is 16.6. The van der Waals surface area contributed by atoms with Gasteiger partial charge in [-0.25, -0.2) is 4.79 Å². The maximum atomic E-state index is 10.3. The van der Waals surface area contributed by atoms with Gasteiger partial charge in [0.2, 0.25) is 5.54 Å². The summed E-state index contributed by atoms with van der Waals surface area (Å²) in [5, 5.41) is 0. The van der Waals surface area contributed by atoms with Gasteiger partial charge in [0.05, 0.1) is 0 Å². The second-order valence-corrected chi connectivity index (χ2v) is 1.91. The molecule has 1 heterocycles. The number of nitrogens with two attached hydrogens (primary N) is 2. The van der Waals surface area contributed by atoms with Crippen molar-refractivity contribution >= 4 is 11.9 Å². The summed E-state index contributed by atoms with van der Waals surface area (Å²) in [6.45, 7) is -0.0961. The van der Waals surface area contributed by atoms with E-state index in [1.54, 1.807) is 0 Å². The Balaban J connectivity index is 2.76. The molecular weight excluding hydrogens is 124 g/mol. The quantitative estimate of drug-likeness (QED) is 0.309. The van der Waals surface area contributed by atoms with Gasteiger partial charge in [-0.3, -0.25) is 4.79 Å². The topological polar surface area (TPSA) is 95.4 Å². The predicted molar refractivity (Wildman–Crippen MR) is 27.1 cm³/mol. The van der Waals surface area contributed by atoms with Crippen LogP contribution < -0.4 is 11.5 Å². The van der Waals surface area contributed by atoms with Gasteiger partial charge in [-0.2, -0.15) is 0 Å². The highest BCUT2D eigenvalue weighted by molar-refractivity contribution is 6.09. The fraction of sp³-hybridized carbons (Fsp3) is 0.500. The first kappa shape index (κ1) is 6.03. The zero-order chi connectivity index (χ0) is 7.07. The molecule has 0 bridgehead atoms. The van der Waals surface area contributed by atoms with E-state index in [1.807, 2.05) is 0 Å². The van der Waals surface area contributed by atoms with E-state index in [-0.39, 0.29) is 6.61 Å². The number of hydrogen-bond donors (Lipinski definition) is 2. The van der Waals surface area contributed by atoms with Crippen molar-refractivity contribution < 1.29 is 14.3 Å². The number of amides is 1. The Morgan fingerprint density at radius 3 is 2.33 bits per heavy atom. The van der Waals surface area contributed by atoms with Crippen molar-refractivity contribution in [2.45, 2.75) is 5.54 Å². The van der Waals surface area contributed by atoms with Gasteiger partial charge in [-0.05, 0) is 0 Å². The summed E-state index contributed by atoms with van der Waals surface area (Å²) in [5.41, 5.74) is 8.36. The van der Waals surface area contributed by atoms with E-state index < -0.39 is 17.4 Å². The standard InChI is InChI=1S/C4H6N2O3/c5-2(7)4(6)1-9-3(4)8/h1,6H2,(H2,5,7)/t4-/m1/s1. The molecule has 0 aliphatic carbocycles. The minimum absolute atomic E-state index is 0.0961. The van der Waals surface area contributed by atoms with Crippen LogP contribution in [0.15, 0.2) is 0 Å². The number of primary amides is 1. The molecular formula is C4H6N2O3. The zero-order valence-electron chi connectivity index (χ0n) is 4.59. The van der Waals surface area contributed by atoms with E-state index >= 15 is 0 Å². The summed E-state index contributed by atoms with van der Waals surface area (Å²) < 4.78 is 4.24. The lowest BCUT2D eigenvalue weighted by molar-refractivity contribution is -0.174. The molecule has 1 rings (SSSR count). The van der Waals surface area contributed by atoms with Crippen LogP contribution >= 0.6 is 0 Å². The molecule has 4 N–H and O–H groups in total. The van der Waals surface area contributed by atoms with Crippen molar-refractivity contribution in [2.75, 3.05) is 6.61 Å². The Bertz CT molecular complexity index is 169. The van der Waals surface area contributed by atoms with Crippen LogP contribution in [0.2, 0.25) is 0 Å². The third-order valence-electron chi connectivity index (χ3n) is 1.23. The molecule has 9 heavy (non-hydrogen) atoms. The summed E-state index contributed by atoms with van der Waals surface area (Å²) in [5.74, 6) is -1.58. The van der Waals surface area contributed by atoms with Gasteiger partial charge in [-0.1, -0.05) is 0 Å². The predicted octanol–water partition coefficient (Wildman–Crippen LogP) is -2.27. The first-order valence-corrected chi connectivity index (χ1v) is 2.33. The van der Waals surface area contributed by atoms with Crippen molar-refractivity contribution in [1.82, 2.24) is 0 Å². The van der Waals surface area contributed by atoms with Gasteiger partial charge in [0.25, 0.3) is 5.91 Å². The van der Waals surface area contributed by atoms with Crippen LogP contribution in [0.5, 0.6) is 0 Å². The van der Waals surface area contributed by atoms with Crippen molar-refractivity contribution in [3.05, 3.63) is 0 Å². The van der Waals surface area contributed by atoms with Gasteiger partial charge in [0.1, 0.15) is 6.61 Å². The number of carbonyl (C=O) groups excluding carboxylic acids is 2. The summed E-state index contributed by atoms with van der Waals surface area (Å²) in [7, 11) is 0. The van der Waals surface area contributed by atoms with E-state index in [1.165, 1.54) is 0 Å². The van der Waals surface area contributed by atoms with E-state index in [9.17, 15) is 9.59 Å². The Morgan fingerprint density at radius 1 is 1.78 bits per heavy atom. The van der Waals surface area contributed by atoms with Gasteiger partial charge in [0, 0.05) is 0 Å². The Labute approximate surface area is 50.9 Å². The van der Waals surface area contributed by atoms with Gasteiger partial charge >= 0.3 is 5.97 Å². The fourth-order valence-corrected chi connectivity index (χ4v) is 0.458. The molecule has 1 fully saturated rings. The van der Waals surface area contributed by atoms with Crippen LogP contribution in [0, 0.1) is 0 Å². The lowest BCUT2D eigenvalue weighted by atomic mass is 9.98. The summed E-state index contributed by atoms with van der Waals surface area (Å²) in [6.07, 6.45) is 0. The molecule has 1 atom stereocenters. The molecule has 1 aliphatic rings. The minimum Gasteiger partial charge on any atom is -0.461 e. The SMILES string of the molecule is NC(=O)[C@]1(N)COC1=O. The number of hydrogen-bond acceptors (Lipinski definition) is 4. The molecule has 5 heteroatoms. The van der Waals surface area contributed by atoms with Crippen molar-refractivity contribution in [3.63, 3.8) is 0 Å². The van der Waals surface area contributed by atoms with E-state index in [4.69, 9.17) is 11.5 Å². The van der Waals surface area contributed by atoms with E-state index in [0.717, 1.165) is 0 Å². The number of esters is 1. The van der Waals surface area contributed by atoms with Crippen molar-refractivity contribution in [2.24, 2.45) is 11.5 Å². The largest absolute Gasteiger partial charge is 0.461 e. The second kappa shape index (κ2) is 1.44. The summed E-state index contributed by atoms with van der Waals surface area (Å²) in [6, 6.07) is 0. The maximum absolute atomic E-state index is 10.3. The van der Waals surface area contributed by atoms with Crippen molar-refractivity contribution in [1.29, 1.82) is 0 Å². The highest BCUT2D eigenvalue weighted by Crippen LogP contribution is 2.13. The number of cyclic esters (lactones) is 1. The molecule has 0 aromatic carbocycles. The van der Waals surface area contributed by atoms with Crippen LogP contribution in [0.4, 0.5) is 0 Å². The van der Waals surface area contributed by atoms with Gasteiger partial charge in [0.15, 0.2) is 0 Å². The summed E-state index contributed by atoms with van der Waals surface area (Å²) in [4.78, 5) is 20.7. The van der Waals surface area contributed by atoms with Crippen LogP contribution in [0.1, 0.15) is 0 Å². The molecule has 5 nitrogen and oxygen atoms in total. The molecule has 1 aliphatic heterocycles. The Morgan fingerprint density at radius 2 is 2.33 bits per heavy atom. The second-order valence-electron chi connectivity index (χ2n) is 1.91. The molecule has 0 saturated carbocycles. The van der Waals surface area contributed by atoms with E-state index in [2.05, 4.69) is 4.74 Å². The minimum atomic E-state index is -1.54. The van der Waals surface area contributed by atoms with Crippen LogP contribution in [-0.4, -0.2) is 24.0 Å². The maximum Gasteiger partial charge on any atom is 0.339 e. The van der Waals surface area contributed by atoms with Gasteiger partial charge < -0.3 is 16.2 Å². The molecule has 0 aromatic heterocycles. The highest BCUT2D eigenvalue weighted by Gasteiger charge is 2.51. The zero-order valence-corrected chi connectivity index (χ0v) is 4.59. The van der Waals surface area contributed by atoms with E-state index in [0.29, 0.717) is 0 Å². The Kier molecular flexibility index (Phi) is 0.967. The Hall–Kier alpha value is -1.10. The first-order valence-electron chi connectivity index (χ1n) is 2.33. The fourth-order valence-electron chi connectivity index (χ4n) is 0.458. The summed E-state index contributed by atoms with van der Waals surface area (Å²) >= 11 is 0. The lowest BCUT2D eigenvalue weighted by Crippen LogP contribution is -2.69. The van der Waals surface area contributed by atoms with Crippen LogP contribution in [-0.2, 0) is 14.3 Å². The first-order chi connectivity index (χ1) is 4.07. The molecule has 1 saturated heterocycles. The third-order valence-corrected chi connectivity index (χ3v) is 1.23. The monoisotopic (exact) mass is 130 g/mol. The lowest BCUT2D eigenvalue weighted by Gasteiger charge is -2.31. The molecule has 0 aromatic rings. The van der Waals surface area contributed by atoms with Gasteiger partial charge in [-0.15, -0.1) is 0 Å². The normalized spacial score (nSPS) is 32.8. The number of rotatable bonds is 1. The average molecular weight is 130 g/mol. The number of ether oxygens (including phenoxy) is 1.